The highest BCUT2D eigenvalue weighted by molar-refractivity contribution is 6.30. The van der Waals surface area contributed by atoms with Gasteiger partial charge in [0.25, 0.3) is 0 Å². The minimum absolute atomic E-state index is 0.0296. The first-order chi connectivity index (χ1) is 17.6. The Morgan fingerprint density at radius 1 is 1.11 bits per heavy atom. The van der Waals surface area contributed by atoms with Gasteiger partial charge in [-0.3, -0.25) is 4.57 Å². The third-order valence-corrected chi connectivity index (χ3v) is 6.96. The topological polar surface area (TPSA) is 88.9 Å². The SMILES string of the molecule is C[C@@H]1COCCN1c1cn(-c2cc(Cl)ccn2)c2ncnc(N3CCN(C(=O)OC(C)(C)C)C[C@@H]3C)c12. The van der Waals surface area contributed by atoms with Crippen molar-refractivity contribution in [2.24, 2.45) is 0 Å². The van der Waals surface area contributed by atoms with E-state index in [0.29, 0.717) is 43.7 Å². The van der Waals surface area contributed by atoms with E-state index in [2.05, 4.69) is 34.8 Å². The summed E-state index contributed by atoms with van der Waals surface area (Å²) in [6, 6.07) is 3.81. The predicted octanol–water partition coefficient (Wildman–Crippen LogP) is 4.14. The van der Waals surface area contributed by atoms with Crippen molar-refractivity contribution in [3.05, 3.63) is 35.9 Å². The van der Waals surface area contributed by atoms with Gasteiger partial charge in [-0.05, 0) is 40.7 Å². The van der Waals surface area contributed by atoms with Crippen LogP contribution in [0, 0.1) is 0 Å². The van der Waals surface area contributed by atoms with E-state index in [1.807, 2.05) is 31.4 Å². The summed E-state index contributed by atoms with van der Waals surface area (Å²) in [7, 11) is 0. The molecule has 11 heteroatoms. The van der Waals surface area contributed by atoms with Crippen LogP contribution in [-0.4, -0.2) is 87.6 Å². The molecule has 0 aromatic carbocycles. The van der Waals surface area contributed by atoms with Crippen molar-refractivity contribution in [2.75, 3.05) is 49.2 Å². The number of pyridine rings is 1. The lowest BCUT2D eigenvalue weighted by molar-refractivity contribution is 0.0218. The minimum atomic E-state index is -0.530. The molecular formula is C26H34ClN7O3. The van der Waals surface area contributed by atoms with Crippen LogP contribution >= 0.6 is 11.6 Å². The average Bonchev–Trinajstić information content (AvgIpc) is 3.23. The number of piperazine rings is 1. The fourth-order valence-corrected chi connectivity index (χ4v) is 5.17. The Kier molecular flexibility index (Phi) is 6.89. The first-order valence-corrected chi connectivity index (χ1v) is 13.1. The average molecular weight is 528 g/mol. The molecule has 3 aromatic heterocycles. The summed E-state index contributed by atoms with van der Waals surface area (Å²) in [6.45, 7) is 13.7. The van der Waals surface area contributed by atoms with Crippen molar-refractivity contribution in [3.63, 3.8) is 0 Å². The highest BCUT2D eigenvalue weighted by atomic mass is 35.5. The van der Waals surface area contributed by atoms with Gasteiger partial charge in [0, 0.05) is 61.7 Å². The summed E-state index contributed by atoms with van der Waals surface area (Å²) in [4.78, 5) is 33.1. The fraction of sp³-hybridized carbons (Fsp3) is 0.538. The van der Waals surface area contributed by atoms with Crippen LogP contribution in [0.1, 0.15) is 34.6 Å². The third kappa shape index (κ3) is 5.17. The molecule has 2 aliphatic rings. The highest BCUT2D eigenvalue weighted by Crippen LogP contribution is 2.38. The number of carbonyl (C=O) groups excluding carboxylic acids is 1. The van der Waals surface area contributed by atoms with Crippen LogP contribution in [0.15, 0.2) is 30.9 Å². The molecule has 198 valence electrons. The summed E-state index contributed by atoms with van der Waals surface area (Å²) < 4.78 is 13.3. The zero-order valence-electron chi connectivity index (χ0n) is 22.0. The number of hydrogen-bond donors (Lipinski definition) is 0. The Bertz CT molecular complexity index is 1290. The molecule has 37 heavy (non-hydrogen) atoms. The van der Waals surface area contributed by atoms with E-state index in [-0.39, 0.29) is 18.2 Å². The molecule has 2 fully saturated rings. The first kappa shape index (κ1) is 25.5. The lowest BCUT2D eigenvalue weighted by Crippen LogP contribution is -2.55. The Hall–Kier alpha value is -3.11. The molecule has 0 saturated carbocycles. The van der Waals surface area contributed by atoms with E-state index >= 15 is 0 Å². The first-order valence-electron chi connectivity index (χ1n) is 12.7. The lowest BCUT2D eigenvalue weighted by atomic mass is 10.1. The van der Waals surface area contributed by atoms with Crippen molar-refractivity contribution in [2.45, 2.75) is 52.3 Å². The van der Waals surface area contributed by atoms with E-state index in [4.69, 9.17) is 31.0 Å². The zero-order valence-corrected chi connectivity index (χ0v) is 22.8. The highest BCUT2D eigenvalue weighted by Gasteiger charge is 2.33. The maximum atomic E-state index is 12.7. The molecule has 2 saturated heterocycles. The number of fused-ring (bicyclic) bond motifs is 1. The van der Waals surface area contributed by atoms with Gasteiger partial charge in [0.05, 0.1) is 24.3 Å². The van der Waals surface area contributed by atoms with E-state index in [1.165, 1.54) is 0 Å². The van der Waals surface area contributed by atoms with Crippen molar-refractivity contribution < 1.29 is 14.3 Å². The quantitative estimate of drug-likeness (QED) is 0.502. The second-order valence-corrected chi connectivity index (χ2v) is 11.1. The molecule has 10 nitrogen and oxygen atoms in total. The number of hydrogen-bond acceptors (Lipinski definition) is 8. The number of anilines is 2. The summed E-state index contributed by atoms with van der Waals surface area (Å²) >= 11 is 6.31. The number of halogens is 1. The van der Waals surface area contributed by atoms with Crippen LogP contribution in [0.5, 0.6) is 0 Å². The molecule has 3 aromatic rings. The smallest absolute Gasteiger partial charge is 0.410 e. The zero-order chi connectivity index (χ0) is 26.3. The van der Waals surface area contributed by atoms with Gasteiger partial charge in [-0.25, -0.2) is 19.7 Å². The normalized spacial score (nSPS) is 21.0. The Labute approximate surface area is 222 Å². The van der Waals surface area contributed by atoms with Crippen LogP contribution in [0.4, 0.5) is 16.3 Å². The van der Waals surface area contributed by atoms with Crippen molar-refractivity contribution >= 4 is 40.2 Å². The van der Waals surface area contributed by atoms with Crippen LogP contribution in [-0.2, 0) is 9.47 Å². The number of aromatic nitrogens is 4. The van der Waals surface area contributed by atoms with Gasteiger partial charge in [0.1, 0.15) is 23.6 Å². The maximum absolute atomic E-state index is 12.7. The van der Waals surface area contributed by atoms with Crippen LogP contribution in [0.3, 0.4) is 0 Å². The van der Waals surface area contributed by atoms with Gasteiger partial charge in [-0.1, -0.05) is 11.6 Å². The number of morpholine rings is 1. The van der Waals surface area contributed by atoms with Crippen LogP contribution < -0.4 is 9.80 Å². The summed E-state index contributed by atoms with van der Waals surface area (Å²) in [5.41, 5.74) is 1.26. The van der Waals surface area contributed by atoms with Gasteiger partial charge in [0.15, 0.2) is 5.65 Å². The molecule has 1 amide bonds. The van der Waals surface area contributed by atoms with Crippen LogP contribution in [0.25, 0.3) is 16.9 Å². The van der Waals surface area contributed by atoms with Crippen molar-refractivity contribution in [3.8, 4) is 5.82 Å². The van der Waals surface area contributed by atoms with Gasteiger partial charge in [-0.15, -0.1) is 0 Å². The number of carbonyl (C=O) groups is 1. The van der Waals surface area contributed by atoms with Crippen molar-refractivity contribution in [1.29, 1.82) is 0 Å². The molecule has 0 unspecified atom stereocenters. The summed E-state index contributed by atoms with van der Waals surface area (Å²) in [5.74, 6) is 1.54. The molecule has 5 rings (SSSR count). The number of nitrogens with zero attached hydrogens (tertiary/aromatic N) is 7. The molecule has 0 bridgehead atoms. The monoisotopic (exact) mass is 527 g/mol. The Morgan fingerprint density at radius 3 is 2.62 bits per heavy atom. The Balaban J connectivity index is 1.56. The fourth-order valence-electron chi connectivity index (χ4n) is 5.01. The second-order valence-electron chi connectivity index (χ2n) is 10.7. The minimum Gasteiger partial charge on any atom is -0.444 e. The molecular weight excluding hydrogens is 494 g/mol. The molecule has 2 aliphatic heterocycles. The second kappa shape index (κ2) is 9.98. The molecule has 5 heterocycles. The van der Waals surface area contributed by atoms with E-state index < -0.39 is 5.60 Å². The summed E-state index contributed by atoms with van der Waals surface area (Å²) in [5, 5.41) is 1.56. The predicted molar refractivity (Wildman–Crippen MR) is 144 cm³/mol. The van der Waals surface area contributed by atoms with E-state index in [0.717, 1.165) is 29.1 Å². The summed E-state index contributed by atoms with van der Waals surface area (Å²) in [6.07, 6.45) is 5.08. The maximum Gasteiger partial charge on any atom is 0.410 e. The van der Waals surface area contributed by atoms with E-state index in [9.17, 15) is 4.79 Å². The lowest BCUT2D eigenvalue weighted by Gasteiger charge is -2.41. The largest absolute Gasteiger partial charge is 0.444 e. The number of rotatable bonds is 3. The standard InChI is InChI=1S/C26H34ClN7O3/c1-17-13-31(25(35)37-26(3,4)5)8-9-33(17)23-22-20(32-10-11-36-15-18(32)2)14-34(24(22)30-16-29-23)21-12-19(27)6-7-28-21/h6-7,12,14,16-18H,8-11,13,15H2,1-5H3/t17-,18+/m0/s1. The van der Waals surface area contributed by atoms with Gasteiger partial charge in [0.2, 0.25) is 0 Å². The van der Waals surface area contributed by atoms with Gasteiger partial charge in [-0.2, -0.15) is 0 Å². The van der Waals surface area contributed by atoms with E-state index in [1.54, 1.807) is 23.5 Å². The molecule has 2 atom stereocenters. The molecule has 0 aliphatic carbocycles. The number of amides is 1. The van der Waals surface area contributed by atoms with Gasteiger partial charge < -0.3 is 24.2 Å². The number of ether oxygens (including phenoxy) is 2. The molecule has 0 radical (unpaired) electrons. The Morgan fingerprint density at radius 2 is 1.92 bits per heavy atom. The van der Waals surface area contributed by atoms with Crippen LogP contribution in [0.2, 0.25) is 5.02 Å². The van der Waals surface area contributed by atoms with Crippen molar-refractivity contribution in [1.82, 2.24) is 24.4 Å². The van der Waals surface area contributed by atoms with Gasteiger partial charge >= 0.3 is 6.09 Å². The molecule has 0 spiro atoms. The third-order valence-electron chi connectivity index (χ3n) is 6.73. The molecule has 0 N–H and O–H groups in total.